The van der Waals surface area contributed by atoms with E-state index in [1.807, 2.05) is 30.3 Å². The Kier molecular flexibility index (Phi) is 3.22. The molecule has 1 N–H and O–H groups in total. The van der Waals surface area contributed by atoms with E-state index in [9.17, 15) is 4.79 Å². The van der Waals surface area contributed by atoms with Crippen molar-refractivity contribution in [3.8, 4) is 0 Å². The molecule has 3 heteroatoms. The fraction of sp³-hybridized carbons (Fsp3) is 0.364. The molecule has 0 aliphatic carbocycles. The number of carbonyl (C=O) groups excluding carboxylic acids is 1. The summed E-state index contributed by atoms with van der Waals surface area (Å²) in [7, 11) is 0. The van der Waals surface area contributed by atoms with Gasteiger partial charge in [-0.2, -0.15) is 0 Å². The lowest BCUT2D eigenvalue weighted by Crippen LogP contribution is -2.12. The van der Waals surface area contributed by atoms with Crippen LogP contribution in [-0.2, 0) is 0 Å². The molecule has 14 heavy (non-hydrogen) atoms. The molecule has 1 atom stereocenters. The van der Waals surface area contributed by atoms with Gasteiger partial charge in [-0.25, -0.2) is 0 Å². The second kappa shape index (κ2) is 4.62. The van der Waals surface area contributed by atoms with Gasteiger partial charge < -0.3 is 5.32 Å². The molecule has 0 radical (unpaired) electrons. The van der Waals surface area contributed by atoms with Crippen LogP contribution in [0.4, 0.5) is 0 Å². The molecular weight excluding hydrogens is 194 g/mol. The zero-order valence-corrected chi connectivity index (χ0v) is 8.72. The normalized spacial score (nSPS) is 21.0. The van der Waals surface area contributed by atoms with Crippen molar-refractivity contribution in [3.63, 3.8) is 0 Å². The van der Waals surface area contributed by atoms with Crippen LogP contribution in [0.1, 0.15) is 16.8 Å². The van der Waals surface area contributed by atoms with Crippen LogP contribution in [0.25, 0.3) is 0 Å². The number of carbonyl (C=O) groups is 1. The molecule has 1 heterocycles. The maximum absolute atomic E-state index is 11.7. The second-order valence-corrected chi connectivity index (χ2v) is 4.66. The van der Waals surface area contributed by atoms with E-state index in [2.05, 4.69) is 5.32 Å². The average Bonchev–Trinajstić information content (AvgIpc) is 2.72. The molecule has 1 aromatic rings. The van der Waals surface area contributed by atoms with E-state index in [1.54, 1.807) is 0 Å². The standard InChI is InChI=1S/C11H13NOS/c13-11(9-4-2-1-3-5-9)14-10-6-7-12-8-10/h1-5,10,12H,6-8H2. The van der Waals surface area contributed by atoms with Crippen LogP contribution in [0.5, 0.6) is 0 Å². The average molecular weight is 207 g/mol. The summed E-state index contributed by atoms with van der Waals surface area (Å²) < 4.78 is 0. The molecule has 0 spiro atoms. The first kappa shape index (κ1) is 9.74. The van der Waals surface area contributed by atoms with Crippen LogP contribution in [0, 0.1) is 0 Å². The summed E-state index contributed by atoms with van der Waals surface area (Å²) in [5.41, 5.74) is 0.810. The first-order valence-electron chi connectivity index (χ1n) is 4.83. The molecule has 1 unspecified atom stereocenters. The van der Waals surface area contributed by atoms with Crippen molar-refractivity contribution in [3.05, 3.63) is 35.9 Å². The van der Waals surface area contributed by atoms with Crippen LogP contribution in [0.3, 0.4) is 0 Å². The summed E-state index contributed by atoms with van der Waals surface area (Å²) in [6.45, 7) is 2.00. The van der Waals surface area contributed by atoms with E-state index in [-0.39, 0.29) is 5.12 Å². The Morgan fingerprint density at radius 3 is 2.79 bits per heavy atom. The third-order valence-electron chi connectivity index (χ3n) is 2.30. The van der Waals surface area contributed by atoms with Crippen LogP contribution >= 0.6 is 11.8 Å². The Hall–Kier alpha value is -0.800. The molecule has 0 saturated carbocycles. The van der Waals surface area contributed by atoms with Crippen molar-refractivity contribution >= 4 is 16.9 Å². The van der Waals surface area contributed by atoms with Crippen molar-refractivity contribution in [2.24, 2.45) is 0 Å². The number of rotatable bonds is 2. The molecule has 1 fully saturated rings. The van der Waals surface area contributed by atoms with Gasteiger partial charge >= 0.3 is 0 Å². The molecule has 1 aliphatic rings. The van der Waals surface area contributed by atoms with Gasteiger partial charge in [0.25, 0.3) is 0 Å². The van der Waals surface area contributed by atoms with E-state index in [4.69, 9.17) is 0 Å². The summed E-state index contributed by atoms with van der Waals surface area (Å²) in [6, 6.07) is 9.48. The Morgan fingerprint density at radius 1 is 1.36 bits per heavy atom. The molecule has 2 nitrogen and oxygen atoms in total. The highest BCUT2D eigenvalue weighted by Crippen LogP contribution is 2.21. The Morgan fingerprint density at radius 2 is 2.14 bits per heavy atom. The van der Waals surface area contributed by atoms with Gasteiger partial charge in [-0.15, -0.1) is 0 Å². The molecule has 1 aliphatic heterocycles. The molecule has 2 rings (SSSR count). The smallest absolute Gasteiger partial charge is 0.219 e. The van der Waals surface area contributed by atoms with E-state index >= 15 is 0 Å². The third kappa shape index (κ3) is 2.36. The predicted molar refractivity (Wildman–Crippen MR) is 59.6 cm³/mol. The van der Waals surface area contributed by atoms with Gasteiger partial charge in [0.05, 0.1) is 0 Å². The van der Waals surface area contributed by atoms with Crippen molar-refractivity contribution in [1.29, 1.82) is 0 Å². The number of hydrogen-bond donors (Lipinski definition) is 1. The quantitative estimate of drug-likeness (QED) is 0.803. The van der Waals surface area contributed by atoms with Crippen molar-refractivity contribution < 1.29 is 4.79 Å². The van der Waals surface area contributed by atoms with Crippen molar-refractivity contribution in [2.75, 3.05) is 13.1 Å². The summed E-state index contributed by atoms with van der Waals surface area (Å²) in [5, 5.41) is 3.91. The lowest BCUT2D eigenvalue weighted by molar-refractivity contribution is 0.108. The first-order valence-corrected chi connectivity index (χ1v) is 5.71. The molecule has 0 bridgehead atoms. The zero-order chi connectivity index (χ0) is 9.80. The fourth-order valence-corrected chi connectivity index (χ4v) is 2.53. The Balaban J connectivity index is 1.95. The highest BCUT2D eigenvalue weighted by Gasteiger charge is 2.19. The van der Waals surface area contributed by atoms with E-state index < -0.39 is 0 Å². The number of benzene rings is 1. The molecule has 74 valence electrons. The van der Waals surface area contributed by atoms with Crippen molar-refractivity contribution in [2.45, 2.75) is 11.7 Å². The SMILES string of the molecule is O=C(SC1CCNC1)c1ccccc1. The topological polar surface area (TPSA) is 29.1 Å². The third-order valence-corrected chi connectivity index (χ3v) is 3.48. The molecule has 0 amide bonds. The van der Waals surface area contributed by atoms with Crippen LogP contribution in [0.15, 0.2) is 30.3 Å². The van der Waals surface area contributed by atoms with E-state index in [0.29, 0.717) is 5.25 Å². The Bertz CT molecular complexity index is 306. The minimum absolute atomic E-state index is 0.194. The number of hydrogen-bond acceptors (Lipinski definition) is 3. The summed E-state index contributed by atoms with van der Waals surface area (Å²) >= 11 is 1.46. The van der Waals surface area contributed by atoms with Crippen molar-refractivity contribution in [1.82, 2.24) is 5.32 Å². The highest BCUT2D eigenvalue weighted by atomic mass is 32.2. The van der Waals surface area contributed by atoms with Gasteiger partial charge in [0.2, 0.25) is 5.12 Å². The number of nitrogens with one attached hydrogen (secondary N) is 1. The molecular formula is C11H13NOS. The van der Waals surface area contributed by atoms with Crippen LogP contribution in [-0.4, -0.2) is 23.5 Å². The lowest BCUT2D eigenvalue weighted by atomic mass is 10.2. The van der Waals surface area contributed by atoms with Gasteiger partial charge in [0.1, 0.15) is 0 Å². The highest BCUT2D eigenvalue weighted by molar-refractivity contribution is 8.14. The molecule has 0 aromatic heterocycles. The number of thioether (sulfide) groups is 1. The predicted octanol–water partition coefficient (Wildman–Crippen LogP) is 1.92. The van der Waals surface area contributed by atoms with E-state index in [1.165, 1.54) is 11.8 Å². The van der Waals surface area contributed by atoms with Gasteiger partial charge in [-0.3, -0.25) is 4.79 Å². The summed E-state index contributed by atoms with van der Waals surface area (Å²) in [6.07, 6.45) is 1.10. The Labute approximate surface area is 88.1 Å². The van der Waals surface area contributed by atoms with Gasteiger partial charge in [-0.05, 0) is 13.0 Å². The largest absolute Gasteiger partial charge is 0.316 e. The molecule has 1 saturated heterocycles. The summed E-state index contributed by atoms with van der Waals surface area (Å²) in [4.78, 5) is 11.7. The fourth-order valence-electron chi connectivity index (χ4n) is 1.52. The van der Waals surface area contributed by atoms with Gasteiger partial charge in [0, 0.05) is 17.4 Å². The maximum Gasteiger partial charge on any atom is 0.219 e. The zero-order valence-electron chi connectivity index (χ0n) is 7.90. The minimum atomic E-state index is 0.194. The monoisotopic (exact) mass is 207 g/mol. The minimum Gasteiger partial charge on any atom is -0.316 e. The summed E-state index contributed by atoms with van der Waals surface area (Å²) in [5.74, 6) is 0. The van der Waals surface area contributed by atoms with Crippen LogP contribution in [0.2, 0.25) is 0 Å². The lowest BCUT2D eigenvalue weighted by Gasteiger charge is -2.05. The second-order valence-electron chi connectivity index (χ2n) is 3.39. The van der Waals surface area contributed by atoms with Gasteiger partial charge in [-0.1, -0.05) is 42.1 Å². The maximum atomic E-state index is 11.7. The molecule has 1 aromatic carbocycles. The van der Waals surface area contributed by atoms with E-state index in [0.717, 1.165) is 25.1 Å². The first-order chi connectivity index (χ1) is 6.86. The van der Waals surface area contributed by atoms with Gasteiger partial charge in [0.15, 0.2) is 0 Å². The van der Waals surface area contributed by atoms with Crippen LogP contribution < -0.4 is 5.32 Å².